The Kier molecular flexibility index (Phi) is 7.35. The number of esters is 1. The molecule has 1 aromatic carbocycles. The van der Waals surface area contributed by atoms with E-state index in [2.05, 4.69) is 31.2 Å². The molecule has 3 aliphatic rings. The zero-order valence-corrected chi connectivity index (χ0v) is 22.6. The third kappa shape index (κ3) is 4.98. The van der Waals surface area contributed by atoms with Gasteiger partial charge in [0, 0.05) is 42.7 Å². The van der Waals surface area contributed by atoms with E-state index in [4.69, 9.17) is 4.74 Å². The van der Waals surface area contributed by atoms with E-state index in [0.29, 0.717) is 28.5 Å². The van der Waals surface area contributed by atoms with Gasteiger partial charge in [-0.05, 0) is 46.3 Å². The summed E-state index contributed by atoms with van der Waals surface area (Å²) in [7, 11) is 1.21. The number of aliphatic imine (C=N–C) groups is 1. The number of hydrogen-bond donors (Lipinski definition) is 2. The van der Waals surface area contributed by atoms with Crippen LogP contribution in [0.5, 0.6) is 0 Å². The number of amidine groups is 1. The molecular formula is C25H24BrF3N4O4S. The predicted octanol–water partition coefficient (Wildman–Crippen LogP) is 4.53. The monoisotopic (exact) mass is 612 g/mol. The Morgan fingerprint density at radius 1 is 1.34 bits per heavy atom. The maximum atomic E-state index is 15.1. The molecule has 3 aliphatic heterocycles. The van der Waals surface area contributed by atoms with Gasteiger partial charge < -0.3 is 15.2 Å². The molecule has 0 amide bonds. The highest BCUT2D eigenvalue weighted by molar-refractivity contribution is 9.10. The average Bonchev–Trinajstić information content (AvgIpc) is 3.44. The lowest BCUT2D eigenvalue weighted by Crippen LogP contribution is -2.50. The summed E-state index contributed by atoms with van der Waals surface area (Å²) in [6.45, 7) is -0.0526. The first-order chi connectivity index (χ1) is 18.1. The van der Waals surface area contributed by atoms with Gasteiger partial charge in [-0.2, -0.15) is 0 Å². The molecule has 13 heteroatoms. The molecule has 202 valence electrons. The number of nitrogens with one attached hydrogen (secondary N) is 1. The van der Waals surface area contributed by atoms with Crippen molar-refractivity contribution in [2.45, 2.75) is 49.7 Å². The number of piperidine rings is 1. The molecule has 38 heavy (non-hydrogen) atoms. The molecule has 2 fully saturated rings. The van der Waals surface area contributed by atoms with E-state index in [0.717, 1.165) is 0 Å². The number of carboxylic acid groups (broad SMARTS) is 1. The smallest absolute Gasteiger partial charge is 0.338 e. The average molecular weight is 613 g/mol. The molecule has 0 aliphatic carbocycles. The number of carbonyl (C=O) groups is 2. The first kappa shape index (κ1) is 26.8. The van der Waals surface area contributed by atoms with Gasteiger partial charge in [0.15, 0.2) is 10.8 Å². The summed E-state index contributed by atoms with van der Waals surface area (Å²) in [5.41, 5.74) is 0.754. The van der Waals surface area contributed by atoms with Gasteiger partial charge >= 0.3 is 11.9 Å². The maximum absolute atomic E-state index is 15.1. The molecule has 0 spiro atoms. The van der Waals surface area contributed by atoms with E-state index in [-0.39, 0.29) is 41.8 Å². The number of nitrogens with zero attached hydrogens (tertiary/aromatic N) is 3. The van der Waals surface area contributed by atoms with E-state index in [1.165, 1.54) is 30.6 Å². The molecule has 8 nitrogen and oxygen atoms in total. The second-order valence-corrected chi connectivity index (χ2v) is 11.3. The van der Waals surface area contributed by atoms with Crippen LogP contribution in [-0.4, -0.2) is 64.4 Å². The van der Waals surface area contributed by atoms with Crippen LogP contribution in [0.15, 0.2) is 50.5 Å². The number of hydrogen-bond acceptors (Lipinski definition) is 8. The minimum atomic E-state index is -3.00. The number of rotatable bonds is 7. The first-order valence-electron chi connectivity index (χ1n) is 11.9. The first-order valence-corrected chi connectivity index (χ1v) is 13.6. The zero-order valence-electron chi connectivity index (χ0n) is 20.2. The Hall–Kier alpha value is -2.77. The number of aromatic nitrogens is 1. The lowest BCUT2D eigenvalue weighted by molar-refractivity contribution is -0.139. The normalized spacial score (nSPS) is 26.6. The van der Waals surface area contributed by atoms with Crippen molar-refractivity contribution in [3.8, 4) is 0 Å². The van der Waals surface area contributed by atoms with Crippen LogP contribution in [0.4, 0.5) is 13.2 Å². The van der Waals surface area contributed by atoms with E-state index in [9.17, 15) is 19.1 Å². The molecule has 2 saturated heterocycles. The SMILES string of the molecule is COC(=O)C1=C(CN2[C@@H]3CC(CC(=O)O)C[C@H]2C(F)(F)C3)NC(c2nccs2)=N[C@H]1c1cccc(F)c1Br. The maximum Gasteiger partial charge on any atom is 0.338 e. The third-order valence-electron chi connectivity index (χ3n) is 7.27. The number of halogens is 4. The van der Waals surface area contributed by atoms with E-state index in [1.54, 1.807) is 22.5 Å². The fourth-order valence-corrected chi connectivity index (χ4v) is 6.77. The van der Waals surface area contributed by atoms with Crippen LogP contribution in [-0.2, 0) is 14.3 Å². The number of ether oxygens (including phenoxy) is 1. The minimum absolute atomic E-state index is 0.0307. The second-order valence-electron chi connectivity index (χ2n) is 9.61. The molecule has 5 rings (SSSR count). The van der Waals surface area contributed by atoms with Crippen molar-refractivity contribution in [2.75, 3.05) is 13.7 Å². The third-order valence-corrected chi connectivity index (χ3v) is 8.89. The van der Waals surface area contributed by atoms with E-state index >= 15 is 8.78 Å². The van der Waals surface area contributed by atoms with Gasteiger partial charge in [0.2, 0.25) is 0 Å². The number of fused-ring (bicyclic) bond motifs is 2. The van der Waals surface area contributed by atoms with Crippen LogP contribution in [0.25, 0.3) is 0 Å². The predicted molar refractivity (Wildman–Crippen MR) is 136 cm³/mol. The van der Waals surface area contributed by atoms with Crippen LogP contribution < -0.4 is 5.32 Å². The molecular weight excluding hydrogens is 589 g/mol. The van der Waals surface area contributed by atoms with Gasteiger partial charge in [-0.25, -0.2) is 22.9 Å². The Bertz CT molecular complexity index is 1320. The molecule has 1 aromatic heterocycles. The van der Waals surface area contributed by atoms with Crippen molar-refractivity contribution >= 4 is 45.0 Å². The summed E-state index contributed by atoms with van der Waals surface area (Å²) in [5, 5.41) is 14.6. The summed E-state index contributed by atoms with van der Waals surface area (Å²) in [6, 6.07) is 1.65. The fourth-order valence-electron chi connectivity index (χ4n) is 5.70. The van der Waals surface area contributed by atoms with Gasteiger partial charge in [0.25, 0.3) is 5.92 Å². The van der Waals surface area contributed by atoms with Gasteiger partial charge in [0.1, 0.15) is 11.9 Å². The van der Waals surface area contributed by atoms with Crippen molar-refractivity contribution in [2.24, 2.45) is 10.9 Å². The van der Waals surface area contributed by atoms with Crippen LogP contribution in [0.2, 0.25) is 0 Å². The molecule has 2 N–H and O–H groups in total. The molecule has 4 heterocycles. The second kappa shape index (κ2) is 10.4. The van der Waals surface area contributed by atoms with Crippen molar-refractivity contribution in [3.05, 3.63) is 61.9 Å². The Labute approximate surface area is 228 Å². The van der Waals surface area contributed by atoms with E-state index < -0.39 is 41.8 Å². The largest absolute Gasteiger partial charge is 0.481 e. The number of methoxy groups -OCH3 is 1. The highest BCUT2D eigenvalue weighted by Crippen LogP contribution is 2.49. The molecule has 2 bridgehead atoms. The number of benzene rings is 1. The molecule has 0 radical (unpaired) electrons. The van der Waals surface area contributed by atoms with Crippen molar-refractivity contribution in [1.82, 2.24) is 15.2 Å². The highest BCUT2D eigenvalue weighted by Gasteiger charge is 2.57. The number of carbonyl (C=O) groups excluding carboxylic acids is 1. The molecule has 2 aromatic rings. The zero-order chi connectivity index (χ0) is 27.2. The fraction of sp³-hybridized carbons (Fsp3) is 0.440. The van der Waals surface area contributed by atoms with Gasteiger partial charge in [-0.1, -0.05) is 12.1 Å². The Balaban J connectivity index is 1.58. The summed E-state index contributed by atoms with van der Waals surface area (Å²) >= 11 is 4.56. The summed E-state index contributed by atoms with van der Waals surface area (Å²) in [5.74, 6) is -5.32. The molecule has 1 unspecified atom stereocenters. The van der Waals surface area contributed by atoms with E-state index in [1.807, 2.05) is 0 Å². The van der Waals surface area contributed by atoms with Gasteiger partial charge in [0.05, 0.1) is 23.2 Å². The van der Waals surface area contributed by atoms with Crippen LogP contribution in [0, 0.1) is 11.7 Å². The van der Waals surface area contributed by atoms with Gasteiger partial charge in [-0.3, -0.25) is 14.7 Å². The van der Waals surface area contributed by atoms with Crippen LogP contribution in [0.1, 0.15) is 42.3 Å². The Morgan fingerprint density at radius 2 is 2.13 bits per heavy atom. The van der Waals surface area contributed by atoms with Crippen molar-refractivity contribution in [3.63, 3.8) is 0 Å². The summed E-state index contributed by atoms with van der Waals surface area (Å²) in [6.07, 6.45) is 1.38. The Morgan fingerprint density at radius 3 is 2.79 bits per heavy atom. The summed E-state index contributed by atoms with van der Waals surface area (Å²) < 4.78 is 49.9. The number of carboxylic acids is 1. The topological polar surface area (TPSA) is 104 Å². The van der Waals surface area contributed by atoms with Crippen LogP contribution >= 0.6 is 27.3 Å². The number of aliphatic carboxylic acids is 1. The van der Waals surface area contributed by atoms with Crippen molar-refractivity contribution in [1.29, 1.82) is 0 Å². The van der Waals surface area contributed by atoms with Crippen molar-refractivity contribution < 1.29 is 32.6 Å². The quantitative estimate of drug-likeness (QED) is 0.443. The molecule has 4 atom stereocenters. The van der Waals surface area contributed by atoms with Gasteiger partial charge in [-0.15, -0.1) is 11.3 Å². The number of alkyl halides is 2. The summed E-state index contributed by atoms with van der Waals surface area (Å²) in [4.78, 5) is 35.0. The highest BCUT2D eigenvalue weighted by atomic mass is 79.9. The standard InChI is InChI=1S/C25H24BrF3N4O4S/c1-37-24(36)19-16(11-33-13-7-12(9-18(34)35)8-17(33)25(28,29)10-13)31-22(23-30-5-6-38-23)32-21(19)14-3-2-4-15(27)20(14)26/h2-6,12-13,17,21H,7-11H2,1H3,(H,31,32)(H,34,35)/t12?,13-,17+,21+/m1/s1. The lowest BCUT2D eigenvalue weighted by atomic mass is 9.87. The lowest BCUT2D eigenvalue weighted by Gasteiger charge is -2.40. The number of thiazole rings is 1. The van der Waals surface area contributed by atoms with Crippen LogP contribution in [0.3, 0.4) is 0 Å². The molecule has 0 saturated carbocycles. The minimum Gasteiger partial charge on any atom is -0.481 e.